The van der Waals surface area contributed by atoms with E-state index in [2.05, 4.69) is 5.32 Å². The Morgan fingerprint density at radius 2 is 1.50 bits per heavy atom. The van der Waals surface area contributed by atoms with Crippen LogP contribution in [-0.2, 0) is 32.6 Å². The Morgan fingerprint density at radius 3 is 2.14 bits per heavy atom. The molecule has 7 nitrogen and oxygen atoms in total. The van der Waals surface area contributed by atoms with Gasteiger partial charge in [0.25, 0.3) is 0 Å². The molecule has 0 fully saturated rings. The van der Waals surface area contributed by atoms with E-state index in [1.54, 1.807) is 11.0 Å². The SMILES string of the molecule is Cc1ccccc1CN(C(=O)CCCN(c1cccc(C)c1C)S(C)(=O)=O)C(Cc1ccccc1)C(=O)NCC(C)C. The Balaban J connectivity index is 1.91. The molecule has 3 rings (SSSR count). The average Bonchev–Trinajstić information content (AvgIpc) is 2.94. The van der Waals surface area contributed by atoms with Crippen molar-refractivity contribution in [2.45, 2.75) is 66.5 Å². The van der Waals surface area contributed by atoms with Gasteiger partial charge in [-0.25, -0.2) is 8.42 Å². The normalized spacial score (nSPS) is 12.2. The van der Waals surface area contributed by atoms with Crippen molar-refractivity contribution < 1.29 is 18.0 Å². The number of sulfonamides is 1. The number of rotatable bonds is 14. The Kier molecular flexibility index (Phi) is 11.7. The first kappa shape index (κ1) is 32.9. The van der Waals surface area contributed by atoms with Crippen LogP contribution in [0.5, 0.6) is 0 Å². The number of amides is 2. The number of hydrogen-bond acceptors (Lipinski definition) is 4. The fourth-order valence-corrected chi connectivity index (χ4v) is 5.95. The predicted molar refractivity (Wildman–Crippen MR) is 171 cm³/mol. The highest BCUT2D eigenvalue weighted by Crippen LogP contribution is 2.26. The van der Waals surface area contributed by atoms with Crippen LogP contribution in [0.3, 0.4) is 0 Å². The van der Waals surface area contributed by atoms with E-state index >= 15 is 0 Å². The smallest absolute Gasteiger partial charge is 0.243 e. The Bertz CT molecular complexity index is 1450. The topological polar surface area (TPSA) is 86.8 Å². The summed E-state index contributed by atoms with van der Waals surface area (Å²) in [6.07, 6.45) is 1.98. The number of carbonyl (C=O) groups is 2. The molecule has 3 aromatic carbocycles. The molecule has 2 amide bonds. The highest BCUT2D eigenvalue weighted by Gasteiger charge is 2.31. The van der Waals surface area contributed by atoms with Gasteiger partial charge in [0, 0.05) is 32.5 Å². The minimum atomic E-state index is -3.57. The van der Waals surface area contributed by atoms with Gasteiger partial charge in [0.2, 0.25) is 21.8 Å². The van der Waals surface area contributed by atoms with E-state index in [9.17, 15) is 18.0 Å². The third kappa shape index (κ3) is 9.18. The van der Waals surface area contributed by atoms with Gasteiger partial charge in [0.15, 0.2) is 0 Å². The molecule has 8 heteroatoms. The first-order chi connectivity index (χ1) is 19.9. The van der Waals surface area contributed by atoms with Gasteiger partial charge >= 0.3 is 0 Å². The number of carbonyl (C=O) groups excluding carboxylic acids is 2. The van der Waals surface area contributed by atoms with Crippen molar-refractivity contribution in [1.82, 2.24) is 10.2 Å². The molecule has 0 saturated heterocycles. The summed E-state index contributed by atoms with van der Waals surface area (Å²) in [5.74, 6) is -0.116. The summed E-state index contributed by atoms with van der Waals surface area (Å²) >= 11 is 0. The Labute approximate surface area is 252 Å². The first-order valence-electron chi connectivity index (χ1n) is 14.6. The molecule has 0 aliphatic carbocycles. The number of aryl methyl sites for hydroxylation is 2. The minimum Gasteiger partial charge on any atom is -0.354 e. The van der Waals surface area contributed by atoms with Gasteiger partial charge < -0.3 is 10.2 Å². The van der Waals surface area contributed by atoms with Crippen molar-refractivity contribution in [3.8, 4) is 0 Å². The van der Waals surface area contributed by atoms with Crippen LogP contribution in [0.2, 0.25) is 0 Å². The van der Waals surface area contributed by atoms with Crippen molar-refractivity contribution in [1.29, 1.82) is 0 Å². The molecule has 0 aliphatic rings. The van der Waals surface area contributed by atoms with Crippen LogP contribution in [0.25, 0.3) is 0 Å². The number of nitrogens with one attached hydrogen (secondary N) is 1. The maximum atomic E-state index is 14.0. The van der Waals surface area contributed by atoms with Crippen molar-refractivity contribution in [2.24, 2.45) is 5.92 Å². The lowest BCUT2D eigenvalue weighted by Gasteiger charge is -2.32. The summed E-state index contributed by atoms with van der Waals surface area (Å²) in [5, 5.41) is 3.05. The van der Waals surface area contributed by atoms with Crippen molar-refractivity contribution >= 4 is 27.5 Å². The zero-order valence-electron chi connectivity index (χ0n) is 25.8. The van der Waals surface area contributed by atoms with E-state index in [0.717, 1.165) is 27.8 Å². The molecule has 1 unspecified atom stereocenters. The lowest BCUT2D eigenvalue weighted by Crippen LogP contribution is -2.51. The molecule has 3 aromatic rings. The molecule has 42 heavy (non-hydrogen) atoms. The molecule has 0 heterocycles. The van der Waals surface area contributed by atoms with Crippen LogP contribution in [0.4, 0.5) is 5.69 Å². The lowest BCUT2D eigenvalue weighted by molar-refractivity contribution is -0.141. The molecule has 1 N–H and O–H groups in total. The molecular weight excluding hydrogens is 546 g/mol. The predicted octanol–water partition coefficient (Wildman–Crippen LogP) is 5.57. The number of benzene rings is 3. The summed E-state index contributed by atoms with van der Waals surface area (Å²) in [6.45, 7) is 10.9. The van der Waals surface area contributed by atoms with E-state index in [1.807, 2.05) is 101 Å². The van der Waals surface area contributed by atoms with Crippen LogP contribution in [0.1, 0.15) is 54.5 Å². The second-order valence-electron chi connectivity index (χ2n) is 11.5. The van der Waals surface area contributed by atoms with Gasteiger partial charge in [0.05, 0.1) is 11.9 Å². The molecular formula is C34H45N3O4S. The molecule has 1 atom stereocenters. The fourth-order valence-electron chi connectivity index (χ4n) is 4.94. The second kappa shape index (κ2) is 15.0. The highest BCUT2D eigenvalue weighted by molar-refractivity contribution is 7.92. The van der Waals surface area contributed by atoms with Crippen LogP contribution in [0, 0.1) is 26.7 Å². The number of anilines is 1. The van der Waals surface area contributed by atoms with E-state index in [4.69, 9.17) is 0 Å². The fraction of sp³-hybridized carbons (Fsp3) is 0.412. The van der Waals surface area contributed by atoms with E-state index in [1.165, 1.54) is 10.6 Å². The minimum absolute atomic E-state index is 0.103. The van der Waals surface area contributed by atoms with Crippen molar-refractivity contribution in [3.63, 3.8) is 0 Å². The lowest BCUT2D eigenvalue weighted by atomic mass is 10.0. The zero-order valence-corrected chi connectivity index (χ0v) is 26.6. The Morgan fingerprint density at radius 1 is 0.857 bits per heavy atom. The molecule has 0 spiro atoms. The maximum absolute atomic E-state index is 14.0. The average molecular weight is 592 g/mol. The first-order valence-corrected chi connectivity index (χ1v) is 16.4. The molecule has 0 aliphatic heterocycles. The van der Waals surface area contributed by atoms with Crippen LogP contribution < -0.4 is 9.62 Å². The number of hydrogen-bond donors (Lipinski definition) is 1. The quantitative estimate of drug-likeness (QED) is 0.266. The summed E-state index contributed by atoms with van der Waals surface area (Å²) in [6, 6.07) is 22.4. The number of nitrogens with zero attached hydrogens (tertiary/aromatic N) is 2. The van der Waals surface area contributed by atoms with Crippen LogP contribution in [-0.4, -0.2) is 50.5 Å². The molecule has 0 bridgehead atoms. The largest absolute Gasteiger partial charge is 0.354 e. The van der Waals surface area contributed by atoms with Crippen molar-refractivity contribution in [3.05, 3.63) is 101 Å². The monoisotopic (exact) mass is 591 g/mol. The summed E-state index contributed by atoms with van der Waals surface area (Å²) < 4.78 is 27.0. The van der Waals surface area contributed by atoms with Gasteiger partial charge in [-0.15, -0.1) is 0 Å². The molecule has 0 saturated carbocycles. The molecule has 226 valence electrons. The van der Waals surface area contributed by atoms with E-state index in [0.29, 0.717) is 25.1 Å². The third-order valence-electron chi connectivity index (χ3n) is 7.55. The standard InChI is InChI=1S/C34H45N3O4S/c1-25(2)23-35-34(39)32(22-29-16-8-7-9-17-29)36(24-30-18-11-10-14-27(30)4)33(38)20-13-21-37(42(6,40)41)31-19-12-15-26(3)28(31)5/h7-12,14-19,25,32H,13,20-24H2,1-6H3,(H,35,39). The summed E-state index contributed by atoms with van der Waals surface area (Å²) in [7, 11) is -3.57. The maximum Gasteiger partial charge on any atom is 0.243 e. The van der Waals surface area contributed by atoms with E-state index < -0.39 is 16.1 Å². The van der Waals surface area contributed by atoms with Gasteiger partial charge in [0.1, 0.15) is 6.04 Å². The summed E-state index contributed by atoms with van der Waals surface area (Å²) in [4.78, 5) is 29.3. The highest BCUT2D eigenvalue weighted by atomic mass is 32.2. The van der Waals surface area contributed by atoms with Gasteiger partial charge in [-0.2, -0.15) is 0 Å². The molecule has 0 radical (unpaired) electrons. The van der Waals surface area contributed by atoms with Gasteiger partial charge in [-0.05, 0) is 67.0 Å². The third-order valence-corrected chi connectivity index (χ3v) is 8.73. The molecule has 0 aromatic heterocycles. The zero-order chi connectivity index (χ0) is 30.9. The van der Waals surface area contributed by atoms with Crippen LogP contribution >= 0.6 is 0 Å². The van der Waals surface area contributed by atoms with Gasteiger partial charge in [-0.3, -0.25) is 13.9 Å². The van der Waals surface area contributed by atoms with Crippen molar-refractivity contribution in [2.75, 3.05) is 23.7 Å². The summed E-state index contributed by atoms with van der Waals surface area (Å²) in [5.41, 5.74) is 5.47. The second-order valence-corrected chi connectivity index (χ2v) is 13.4. The van der Waals surface area contributed by atoms with E-state index in [-0.39, 0.29) is 37.2 Å². The Hall–Kier alpha value is -3.65. The van der Waals surface area contributed by atoms with Gasteiger partial charge in [-0.1, -0.05) is 80.6 Å². The van der Waals surface area contributed by atoms with Crippen LogP contribution in [0.15, 0.2) is 72.8 Å².